The molecule has 0 aliphatic carbocycles. The summed E-state index contributed by atoms with van der Waals surface area (Å²) in [5.41, 5.74) is 0.899. The van der Waals surface area contributed by atoms with E-state index in [2.05, 4.69) is 10.6 Å². The number of carbonyl (C=O) groups is 4. The molecule has 0 unspecified atom stereocenters. The van der Waals surface area contributed by atoms with Gasteiger partial charge in [0.05, 0.1) is 23.6 Å². The molecule has 2 heterocycles. The van der Waals surface area contributed by atoms with Gasteiger partial charge < -0.3 is 42.1 Å². The standard InChI is InChI=1S/C14H6N2O4.2Ag.2H3N/c17-11-5-1-2-6-10-8(14(20)16-12(6)18)4-3-7(9(5)10)13(19)15-11;;;;/h1-4H,(H2,15,16,17,18,19,20);;;2*1H3/q;2*+1;;/p-2. The van der Waals surface area contributed by atoms with Crippen molar-refractivity contribution in [2.24, 2.45) is 0 Å². The van der Waals surface area contributed by atoms with Crippen LogP contribution in [-0.2, 0) is 44.8 Å². The van der Waals surface area contributed by atoms with Gasteiger partial charge in [-0.15, -0.1) is 0 Å². The van der Waals surface area contributed by atoms with Crippen LogP contribution in [0.1, 0.15) is 41.4 Å². The minimum atomic E-state index is -0.659. The van der Waals surface area contributed by atoms with E-state index >= 15 is 0 Å². The van der Waals surface area contributed by atoms with Crippen molar-refractivity contribution in [2.75, 3.05) is 0 Å². The maximum atomic E-state index is 11.8. The third-order valence-electron chi connectivity index (χ3n) is 3.49. The normalized spacial score (nSPS) is 13.5. The van der Waals surface area contributed by atoms with Crippen molar-refractivity contribution in [1.29, 1.82) is 0 Å². The van der Waals surface area contributed by atoms with Crippen LogP contribution in [0.15, 0.2) is 24.3 Å². The molecule has 10 heteroatoms. The molecule has 0 saturated carbocycles. The number of nitrogens with zero attached hydrogens (tertiary/aromatic N) is 2. The van der Waals surface area contributed by atoms with Crippen LogP contribution in [-0.4, -0.2) is 23.6 Å². The molecule has 0 radical (unpaired) electrons. The second kappa shape index (κ2) is 7.51. The van der Waals surface area contributed by atoms with E-state index < -0.39 is 23.6 Å². The van der Waals surface area contributed by atoms with Gasteiger partial charge in [-0.1, -0.05) is 24.3 Å². The van der Waals surface area contributed by atoms with Gasteiger partial charge in [-0.25, -0.2) is 0 Å². The molecule has 132 valence electrons. The van der Waals surface area contributed by atoms with Crippen LogP contribution in [0.25, 0.3) is 21.4 Å². The molecule has 4 rings (SSSR count). The first-order chi connectivity index (χ1) is 9.58. The van der Waals surface area contributed by atoms with Crippen molar-refractivity contribution in [2.45, 2.75) is 0 Å². The van der Waals surface area contributed by atoms with Gasteiger partial charge in [-0.3, -0.25) is 0 Å². The Labute approximate surface area is 167 Å². The van der Waals surface area contributed by atoms with Crippen LogP contribution < -0.4 is 12.3 Å². The van der Waals surface area contributed by atoms with Gasteiger partial charge >= 0.3 is 44.8 Å². The molecule has 0 spiro atoms. The molecule has 2 aliphatic heterocycles. The van der Waals surface area contributed by atoms with Crippen LogP contribution in [0.5, 0.6) is 0 Å². The Bertz CT molecular complexity index is 759. The van der Waals surface area contributed by atoms with Gasteiger partial charge in [0, 0.05) is 33.0 Å². The predicted octanol–water partition coefficient (Wildman–Crippen LogP) is 2.49. The van der Waals surface area contributed by atoms with Crippen LogP contribution in [0, 0.1) is 0 Å². The van der Waals surface area contributed by atoms with E-state index in [4.69, 9.17) is 0 Å². The monoisotopic (exact) mass is 512 g/mol. The summed E-state index contributed by atoms with van der Waals surface area (Å²) >= 11 is 0. The van der Waals surface area contributed by atoms with E-state index in [1.165, 1.54) is 24.3 Å². The van der Waals surface area contributed by atoms with Gasteiger partial charge in [0.1, 0.15) is 0 Å². The first-order valence-electron chi connectivity index (χ1n) is 5.78. The molecule has 8 nitrogen and oxygen atoms in total. The van der Waals surface area contributed by atoms with Crippen molar-refractivity contribution < 1.29 is 63.9 Å². The first kappa shape index (κ1) is 22.4. The fraction of sp³-hybridized carbons (Fsp3) is 0. The van der Waals surface area contributed by atoms with Gasteiger partial charge in [0.25, 0.3) is 0 Å². The van der Waals surface area contributed by atoms with Crippen molar-refractivity contribution in [1.82, 2.24) is 12.3 Å². The Kier molecular flexibility index (Phi) is 7.01. The van der Waals surface area contributed by atoms with Gasteiger partial charge in [-0.2, -0.15) is 0 Å². The minimum absolute atomic E-state index is 0. The molecule has 2 aliphatic rings. The van der Waals surface area contributed by atoms with Gasteiger partial charge in [0.15, 0.2) is 0 Å². The first-order valence-corrected chi connectivity index (χ1v) is 5.78. The Morgan fingerprint density at radius 1 is 0.500 bits per heavy atom. The average Bonchev–Trinajstić information content (AvgIpc) is 2.42. The summed E-state index contributed by atoms with van der Waals surface area (Å²) in [4.78, 5) is 47.2. The topological polar surface area (TPSA) is 166 Å². The van der Waals surface area contributed by atoms with Crippen LogP contribution in [0.2, 0.25) is 0 Å². The second-order valence-electron chi connectivity index (χ2n) is 4.52. The summed E-state index contributed by atoms with van der Waals surface area (Å²) in [5.74, 6) is -2.63. The van der Waals surface area contributed by atoms with Crippen LogP contribution in [0.3, 0.4) is 0 Å². The van der Waals surface area contributed by atoms with E-state index in [-0.39, 0.29) is 79.3 Å². The summed E-state index contributed by atoms with van der Waals surface area (Å²) in [7, 11) is 0. The van der Waals surface area contributed by atoms with E-state index in [9.17, 15) is 19.2 Å². The molecule has 2 aromatic carbocycles. The SMILES string of the molecule is N.N.O=C1[N-]C(=O)c2ccc3c4c(ccc1c24)C(=O)[N-]C3=O.[Ag+].[Ag+]. The molecule has 0 bridgehead atoms. The summed E-state index contributed by atoms with van der Waals surface area (Å²) in [6.07, 6.45) is 0. The molecule has 6 N–H and O–H groups in total. The third kappa shape index (κ3) is 2.79. The number of rotatable bonds is 0. The third-order valence-corrected chi connectivity index (χ3v) is 3.49. The molecule has 0 saturated heterocycles. The fourth-order valence-corrected chi connectivity index (χ4v) is 2.63. The Morgan fingerprint density at radius 2 is 0.708 bits per heavy atom. The van der Waals surface area contributed by atoms with E-state index in [1.54, 1.807) is 0 Å². The summed E-state index contributed by atoms with van der Waals surface area (Å²) < 4.78 is 0. The fourth-order valence-electron chi connectivity index (χ4n) is 2.63. The predicted molar refractivity (Wildman–Crippen MR) is 78.0 cm³/mol. The molecular weight excluding hydrogens is 504 g/mol. The largest absolute Gasteiger partial charge is 1.00 e. The average molecular weight is 514 g/mol. The number of imide groups is 2. The Morgan fingerprint density at radius 3 is 0.917 bits per heavy atom. The summed E-state index contributed by atoms with van der Waals surface area (Å²) in [6, 6.07) is 5.75. The zero-order chi connectivity index (χ0) is 14.0. The van der Waals surface area contributed by atoms with E-state index in [1.807, 2.05) is 0 Å². The zero-order valence-electron chi connectivity index (χ0n) is 11.9. The quantitative estimate of drug-likeness (QED) is 0.405. The minimum Gasteiger partial charge on any atom is -0.587 e. The Balaban J connectivity index is 0.00000132. The zero-order valence-corrected chi connectivity index (χ0v) is 14.8. The van der Waals surface area contributed by atoms with Crippen molar-refractivity contribution in [3.8, 4) is 0 Å². The number of hydrogen-bond acceptors (Lipinski definition) is 6. The molecular formula is C14H10Ag2N4O4. The summed E-state index contributed by atoms with van der Waals surface area (Å²) in [5, 5.41) is 7.48. The van der Waals surface area contributed by atoms with Crippen LogP contribution in [0.4, 0.5) is 0 Å². The number of benzene rings is 2. The molecule has 0 atom stereocenters. The maximum absolute atomic E-state index is 11.8. The van der Waals surface area contributed by atoms with Crippen molar-refractivity contribution in [3.05, 3.63) is 57.2 Å². The number of hydrogen-bond donors (Lipinski definition) is 2. The maximum Gasteiger partial charge on any atom is 1.00 e. The molecule has 0 fully saturated rings. The number of amides is 4. The van der Waals surface area contributed by atoms with Crippen molar-refractivity contribution in [3.63, 3.8) is 0 Å². The molecule has 2 aromatic rings. The van der Waals surface area contributed by atoms with E-state index in [0.29, 0.717) is 10.8 Å². The molecule has 4 amide bonds. The number of carbonyl (C=O) groups excluding carboxylic acids is 4. The van der Waals surface area contributed by atoms with Gasteiger partial charge in [-0.05, 0) is 0 Å². The smallest absolute Gasteiger partial charge is 0.587 e. The molecule has 24 heavy (non-hydrogen) atoms. The van der Waals surface area contributed by atoms with Crippen LogP contribution >= 0.6 is 0 Å². The van der Waals surface area contributed by atoms with Gasteiger partial charge in [0.2, 0.25) is 0 Å². The summed E-state index contributed by atoms with van der Waals surface area (Å²) in [6.45, 7) is 0. The van der Waals surface area contributed by atoms with Crippen molar-refractivity contribution >= 4 is 34.4 Å². The molecule has 0 aromatic heterocycles. The Hall–Kier alpha value is -1.62. The second-order valence-corrected chi connectivity index (χ2v) is 4.52. The van der Waals surface area contributed by atoms with E-state index in [0.717, 1.165) is 0 Å².